The van der Waals surface area contributed by atoms with E-state index in [2.05, 4.69) is 4.98 Å². The number of alkyl halides is 6. The second kappa shape index (κ2) is 5.01. The van der Waals surface area contributed by atoms with Crippen molar-refractivity contribution in [3.63, 3.8) is 0 Å². The average molecular weight is 296 g/mol. The summed E-state index contributed by atoms with van der Waals surface area (Å²) < 4.78 is 72.8. The molecule has 0 spiro atoms. The summed E-state index contributed by atoms with van der Waals surface area (Å²) in [6.07, 6.45) is -3.48. The lowest BCUT2D eigenvalue weighted by Crippen LogP contribution is -2.11. The van der Waals surface area contributed by atoms with Crippen LogP contribution in [0.2, 0.25) is 0 Å². The van der Waals surface area contributed by atoms with Crippen LogP contribution in [0.25, 0.3) is 0 Å². The van der Waals surface area contributed by atoms with E-state index >= 15 is 0 Å². The Bertz CT molecular complexity index is 383. The van der Waals surface area contributed by atoms with E-state index in [0.29, 0.717) is 11.8 Å². The maximum atomic E-state index is 12.0. The topological polar surface area (TPSA) is 17.8 Å². The highest BCUT2D eigenvalue weighted by Gasteiger charge is 2.32. The van der Waals surface area contributed by atoms with Crippen molar-refractivity contribution < 1.29 is 26.3 Å². The lowest BCUT2D eigenvalue weighted by molar-refractivity contribution is -0.105. The van der Waals surface area contributed by atoms with E-state index in [0.717, 1.165) is 10.8 Å². The SMILES string of the molecule is Cn1c(SC(F)(F)F)cnc1SCC(F)(F)F. The Hall–Kier alpha value is -0.510. The highest BCUT2D eigenvalue weighted by Crippen LogP contribution is 2.38. The van der Waals surface area contributed by atoms with E-state index < -0.39 is 29.2 Å². The molecule has 0 N–H and O–H groups in total. The molecule has 10 heteroatoms. The lowest BCUT2D eigenvalue weighted by Gasteiger charge is -2.08. The highest BCUT2D eigenvalue weighted by molar-refractivity contribution is 8.00. The van der Waals surface area contributed by atoms with Crippen molar-refractivity contribution in [1.29, 1.82) is 0 Å². The molecule has 0 fully saturated rings. The largest absolute Gasteiger partial charge is 0.447 e. The van der Waals surface area contributed by atoms with Crippen molar-refractivity contribution in [2.24, 2.45) is 7.05 Å². The normalized spacial score (nSPS) is 13.1. The summed E-state index contributed by atoms with van der Waals surface area (Å²) in [7, 11) is 1.24. The van der Waals surface area contributed by atoms with Crippen LogP contribution in [-0.4, -0.2) is 27.0 Å². The van der Waals surface area contributed by atoms with Crippen LogP contribution in [0.4, 0.5) is 26.3 Å². The molecule has 0 bridgehead atoms. The van der Waals surface area contributed by atoms with Crippen LogP contribution in [0.5, 0.6) is 0 Å². The third-order valence-electron chi connectivity index (χ3n) is 1.49. The summed E-state index contributed by atoms with van der Waals surface area (Å²) in [5, 5.41) is -0.351. The third-order valence-corrected chi connectivity index (χ3v) is 3.42. The molecule has 1 rings (SSSR count). The number of hydrogen-bond donors (Lipinski definition) is 0. The fraction of sp³-hybridized carbons (Fsp3) is 0.571. The second-order valence-corrected chi connectivity index (χ2v) is 4.92. The van der Waals surface area contributed by atoms with Gasteiger partial charge in [0.1, 0.15) is 5.03 Å². The number of aromatic nitrogens is 2. The van der Waals surface area contributed by atoms with Crippen LogP contribution in [-0.2, 0) is 7.05 Å². The molecule has 0 aliphatic carbocycles. The highest BCUT2D eigenvalue weighted by atomic mass is 32.2. The zero-order valence-corrected chi connectivity index (χ0v) is 9.90. The minimum absolute atomic E-state index is 0.103. The molecule has 0 amide bonds. The number of halogens is 6. The zero-order chi connectivity index (χ0) is 13.3. The molecule has 0 saturated carbocycles. The van der Waals surface area contributed by atoms with E-state index in [1.54, 1.807) is 0 Å². The van der Waals surface area contributed by atoms with E-state index in [-0.39, 0.29) is 10.2 Å². The van der Waals surface area contributed by atoms with E-state index in [4.69, 9.17) is 0 Å². The van der Waals surface area contributed by atoms with Crippen molar-refractivity contribution in [3.8, 4) is 0 Å². The average Bonchev–Trinajstić information content (AvgIpc) is 2.41. The molecular weight excluding hydrogens is 290 g/mol. The Balaban J connectivity index is 2.71. The molecule has 0 aliphatic heterocycles. The molecule has 0 atom stereocenters. The smallest absolute Gasteiger partial charge is 0.317 e. The van der Waals surface area contributed by atoms with Gasteiger partial charge in [0, 0.05) is 18.8 Å². The molecule has 1 aromatic rings. The van der Waals surface area contributed by atoms with Gasteiger partial charge in [-0.3, -0.25) is 0 Å². The molecule has 98 valence electrons. The summed E-state index contributed by atoms with van der Waals surface area (Å²) in [6.45, 7) is 0. The molecule has 17 heavy (non-hydrogen) atoms. The minimum atomic E-state index is -4.49. The van der Waals surface area contributed by atoms with Gasteiger partial charge < -0.3 is 4.57 Å². The van der Waals surface area contributed by atoms with Gasteiger partial charge in [-0.2, -0.15) is 26.3 Å². The predicted octanol–water partition coefficient (Wildman–Crippen LogP) is 3.69. The Labute approximate surface area is 101 Å². The third kappa shape index (κ3) is 5.11. The number of imidazole rings is 1. The zero-order valence-electron chi connectivity index (χ0n) is 8.26. The van der Waals surface area contributed by atoms with Gasteiger partial charge in [-0.15, -0.1) is 0 Å². The summed E-state index contributed by atoms with van der Waals surface area (Å²) >= 11 is -0.0656. The molecular formula is C7H6F6N2S2. The Morgan fingerprint density at radius 2 is 1.82 bits per heavy atom. The molecule has 0 aliphatic rings. The maximum absolute atomic E-state index is 12.0. The van der Waals surface area contributed by atoms with Gasteiger partial charge in [-0.25, -0.2) is 4.98 Å². The van der Waals surface area contributed by atoms with Crippen molar-refractivity contribution in [3.05, 3.63) is 6.20 Å². The van der Waals surface area contributed by atoms with Crippen molar-refractivity contribution in [1.82, 2.24) is 9.55 Å². The Kier molecular flexibility index (Phi) is 4.28. The van der Waals surface area contributed by atoms with Crippen LogP contribution in [0, 0.1) is 0 Å². The van der Waals surface area contributed by atoms with Crippen LogP contribution in [0.15, 0.2) is 16.4 Å². The first kappa shape index (κ1) is 14.6. The molecule has 0 unspecified atom stereocenters. The van der Waals surface area contributed by atoms with Crippen LogP contribution in [0.3, 0.4) is 0 Å². The Morgan fingerprint density at radius 1 is 1.24 bits per heavy atom. The predicted molar refractivity (Wildman–Crippen MR) is 51.9 cm³/mol. The van der Waals surface area contributed by atoms with Gasteiger partial charge in [0.15, 0.2) is 5.16 Å². The summed E-state index contributed by atoms with van der Waals surface area (Å²) in [6, 6.07) is 0. The number of thioether (sulfide) groups is 2. The van der Waals surface area contributed by atoms with Gasteiger partial charge in [0.05, 0.1) is 11.9 Å². The first-order valence-electron chi connectivity index (χ1n) is 4.05. The minimum Gasteiger partial charge on any atom is -0.317 e. The number of hydrogen-bond acceptors (Lipinski definition) is 3. The van der Waals surface area contributed by atoms with E-state index in [9.17, 15) is 26.3 Å². The number of rotatable bonds is 3. The van der Waals surface area contributed by atoms with Crippen LogP contribution >= 0.6 is 23.5 Å². The fourth-order valence-corrected chi connectivity index (χ4v) is 2.21. The first-order chi connectivity index (χ1) is 7.58. The molecule has 0 radical (unpaired) electrons. The summed E-state index contributed by atoms with van der Waals surface area (Å²) in [5.41, 5.74) is -4.49. The van der Waals surface area contributed by atoms with Crippen LogP contribution < -0.4 is 0 Å². The monoisotopic (exact) mass is 296 g/mol. The summed E-state index contributed by atoms with van der Waals surface area (Å²) in [4.78, 5) is 3.51. The fourth-order valence-electron chi connectivity index (χ4n) is 0.872. The molecule has 2 nitrogen and oxygen atoms in total. The van der Waals surface area contributed by atoms with Gasteiger partial charge >= 0.3 is 11.7 Å². The van der Waals surface area contributed by atoms with Crippen LogP contribution in [0.1, 0.15) is 0 Å². The lowest BCUT2D eigenvalue weighted by atomic mass is 10.8. The van der Waals surface area contributed by atoms with Gasteiger partial charge in [-0.05, 0) is 0 Å². The number of nitrogens with zero attached hydrogens (tertiary/aromatic N) is 2. The molecule has 0 aromatic carbocycles. The van der Waals surface area contributed by atoms with Gasteiger partial charge in [-0.1, -0.05) is 11.8 Å². The quantitative estimate of drug-likeness (QED) is 0.626. The van der Waals surface area contributed by atoms with Crippen molar-refractivity contribution in [2.45, 2.75) is 21.9 Å². The standard InChI is InChI=1S/C7H6F6N2S2/c1-15-4(17-7(11,12)13)2-14-5(15)16-3-6(8,9)10/h2H,3H2,1H3. The Morgan fingerprint density at radius 3 is 2.29 bits per heavy atom. The first-order valence-corrected chi connectivity index (χ1v) is 5.86. The second-order valence-electron chi connectivity index (χ2n) is 2.89. The van der Waals surface area contributed by atoms with Crippen molar-refractivity contribution in [2.75, 3.05) is 5.75 Å². The van der Waals surface area contributed by atoms with Gasteiger partial charge in [0.2, 0.25) is 0 Å². The van der Waals surface area contributed by atoms with Crippen molar-refractivity contribution >= 4 is 23.5 Å². The molecule has 1 heterocycles. The van der Waals surface area contributed by atoms with E-state index in [1.165, 1.54) is 7.05 Å². The molecule has 1 aromatic heterocycles. The maximum Gasteiger partial charge on any atom is 0.447 e. The van der Waals surface area contributed by atoms with E-state index in [1.807, 2.05) is 0 Å². The molecule has 0 saturated heterocycles. The summed E-state index contributed by atoms with van der Waals surface area (Å²) in [5.74, 6) is -1.19. The van der Waals surface area contributed by atoms with Gasteiger partial charge in [0.25, 0.3) is 0 Å².